The first-order chi connectivity index (χ1) is 7.57. The topological polar surface area (TPSA) is 52.6 Å². The molecule has 0 aliphatic rings. The zero-order valence-corrected chi connectivity index (χ0v) is 10.5. The minimum Gasteiger partial charge on any atom is -0.457 e. The van der Waals surface area contributed by atoms with Gasteiger partial charge < -0.3 is 9.47 Å². The van der Waals surface area contributed by atoms with Crippen LogP contribution in [0, 0.1) is 5.92 Å². The van der Waals surface area contributed by atoms with Crippen LogP contribution >= 0.6 is 0 Å². The number of unbranched alkanes of at least 4 members (excludes halogenated alkanes) is 2. The zero-order chi connectivity index (χ0) is 12.4. The van der Waals surface area contributed by atoms with Gasteiger partial charge in [-0.25, -0.2) is 9.59 Å². The minimum absolute atomic E-state index is 0.278. The van der Waals surface area contributed by atoms with Gasteiger partial charge in [0.05, 0.1) is 13.2 Å². The van der Waals surface area contributed by atoms with Crippen LogP contribution in [0.5, 0.6) is 0 Å². The standard InChI is InChI=1S/C12H22O4/c1-4-5-6-8-15-11(13)12(14)16-9-7-10(2)3/h10H,4-9H2,1-3H3. The van der Waals surface area contributed by atoms with E-state index in [4.69, 9.17) is 9.47 Å². The third-order valence-electron chi connectivity index (χ3n) is 2.08. The van der Waals surface area contributed by atoms with Crippen molar-refractivity contribution in [2.24, 2.45) is 5.92 Å². The highest BCUT2D eigenvalue weighted by atomic mass is 16.6. The van der Waals surface area contributed by atoms with Crippen LogP contribution in [0.15, 0.2) is 0 Å². The second-order valence-electron chi connectivity index (χ2n) is 4.16. The summed E-state index contributed by atoms with van der Waals surface area (Å²) in [6, 6.07) is 0. The van der Waals surface area contributed by atoms with Gasteiger partial charge in [-0.05, 0) is 18.8 Å². The monoisotopic (exact) mass is 230 g/mol. The maximum atomic E-state index is 11.1. The molecule has 0 rings (SSSR count). The van der Waals surface area contributed by atoms with Gasteiger partial charge >= 0.3 is 11.9 Å². The summed E-state index contributed by atoms with van der Waals surface area (Å²) < 4.78 is 9.51. The van der Waals surface area contributed by atoms with Crippen molar-refractivity contribution in [2.75, 3.05) is 13.2 Å². The molecule has 0 aromatic carbocycles. The highest BCUT2D eigenvalue weighted by molar-refractivity contribution is 6.29. The second-order valence-corrected chi connectivity index (χ2v) is 4.16. The van der Waals surface area contributed by atoms with Crippen LogP contribution in [0.4, 0.5) is 0 Å². The molecule has 4 heteroatoms. The molecular weight excluding hydrogens is 208 g/mol. The Morgan fingerprint density at radius 2 is 1.56 bits per heavy atom. The molecule has 0 bridgehead atoms. The lowest BCUT2D eigenvalue weighted by Crippen LogP contribution is -2.21. The van der Waals surface area contributed by atoms with E-state index in [0.29, 0.717) is 12.5 Å². The fourth-order valence-electron chi connectivity index (χ4n) is 1.02. The largest absolute Gasteiger partial charge is 0.457 e. The van der Waals surface area contributed by atoms with E-state index < -0.39 is 11.9 Å². The van der Waals surface area contributed by atoms with Gasteiger partial charge in [-0.2, -0.15) is 0 Å². The van der Waals surface area contributed by atoms with Crippen molar-refractivity contribution in [1.82, 2.24) is 0 Å². The predicted octanol–water partition coefficient (Wildman–Crippen LogP) is 2.31. The van der Waals surface area contributed by atoms with Crippen molar-refractivity contribution in [1.29, 1.82) is 0 Å². The van der Waals surface area contributed by atoms with E-state index in [1.165, 1.54) is 0 Å². The Bertz CT molecular complexity index is 211. The van der Waals surface area contributed by atoms with Gasteiger partial charge in [-0.1, -0.05) is 33.6 Å². The van der Waals surface area contributed by atoms with Gasteiger partial charge in [0.15, 0.2) is 0 Å². The third kappa shape index (κ3) is 8.26. The Hall–Kier alpha value is -1.06. The maximum Gasteiger partial charge on any atom is 0.417 e. The molecule has 0 aliphatic carbocycles. The van der Waals surface area contributed by atoms with Gasteiger partial charge in [-0.3, -0.25) is 0 Å². The van der Waals surface area contributed by atoms with Crippen molar-refractivity contribution < 1.29 is 19.1 Å². The first-order valence-electron chi connectivity index (χ1n) is 5.91. The van der Waals surface area contributed by atoms with Crippen LogP contribution in [-0.4, -0.2) is 25.2 Å². The number of esters is 2. The van der Waals surface area contributed by atoms with Crippen molar-refractivity contribution in [2.45, 2.75) is 46.5 Å². The van der Waals surface area contributed by atoms with Crippen LogP contribution in [0.25, 0.3) is 0 Å². The number of ether oxygens (including phenoxy) is 2. The summed E-state index contributed by atoms with van der Waals surface area (Å²) in [6.07, 6.45) is 3.60. The summed E-state index contributed by atoms with van der Waals surface area (Å²) >= 11 is 0. The molecule has 4 nitrogen and oxygen atoms in total. The Kier molecular flexibility index (Phi) is 8.58. The molecule has 94 valence electrons. The lowest BCUT2D eigenvalue weighted by atomic mass is 10.1. The molecule has 0 atom stereocenters. The van der Waals surface area contributed by atoms with E-state index in [1.54, 1.807) is 0 Å². The normalized spacial score (nSPS) is 10.2. The van der Waals surface area contributed by atoms with Gasteiger partial charge in [0.25, 0.3) is 0 Å². The SMILES string of the molecule is CCCCCOC(=O)C(=O)OCCC(C)C. The molecule has 0 N–H and O–H groups in total. The van der Waals surface area contributed by atoms with E-state index >= 15 is 0 Å². The van der Waals surface area contributed by atoms with E-state index in [1.807, 2.05) is 13.8 Å². The smallest absolute Gasteiger partial charge is 0.417 e. The lowest BCUT2D eigenvalue weighted by molar-refractivity contribution is -0.167. The fourth-order valence-corrected chi connectivity index (χ4v) is 1.02. The first-order valence-corrected chi connectivity index (χ1v) is 5.91. The van der Waals surface area contributed by atoms with Gasteiger partial charge in [0, 0.05) is 0 Å². The Balaban J connectivity index is 3.54. The number of carbonyl (C=O) groups is 2. The van der Waals surface area contributed by atoms with Crippen molar-refractivity contribution >= 4 is 11.9 Å². The van der Waals surface area contributed by atoms with Crippen LogP contribution in [0.1, 0.15) is 46.5 Å². The summed E-state index contributed by atoms with van der Waals surface area (Å²) in [4.78, 5) is 22.2. The summed E-state index contributed by atoms with van der Waals surface area (Å²) in [7, 11) is 0. The van der Waals surface area contributed by atoms with Crippen molar-refractivity contribution in [3.8, 4) is 0 Å². The Labute approximate surface area is 97.3 Å². The number of hydrogen-bond acceptors (Lipinski definition) is 4. The fraction of sp³-hybridized carbons (Fsp3) is 0.833. The minimum atomic E-state index is -0.878. The van der Waals surface area contributed by atoms with E-state index in [-0.39, 0.29) is 6.61 Å². The molecular formula is C12H22O4. The Morgan fingerprint density at radius 3 is 2.06 bits per heavy atom. The zero-order valence-electron chi connectivity index (χ0n) is 10.5. The highest BCUT2D eigenvalue weighted by Crippen LogP contribution is 2.00. The van der Waals surface area contributed by atoms with Crippen LogP contribution < -0.4 is 0 Å². The van der Waals surface area contributed by atoms with Crippen molar-refractivity contribution in [3.63, 3.8) is 0 Å². The van der Waals surface area contributed by atoms with E-state index in [2.05, 4.69) is 6.92 Å². The highest BCUT2D eigenvalue weighted by Gasteiger charge is 2.16. The van der Waals surface area contributed by atoms with Gasteiger partial charge in [0.2, 0.25) is 0 Å². The molecule has 0 saturated carbocycles. The van der Waals surface area contributed by atoms with Gasteiger partial charge in [0.1, 0.15) is 0 Å². The predicted molar refractivity (Wildman–Crippen MR) is 60.9 cm³/mol. The molecule has 0 fully saturated rings. The molecule has 0 aliphatic heterocycles. The summed E-state index contributed by atoms with van der Waals surface area (Å²) in [5, 5.41) is 0. The molecule has 0 heterocycles. The molecule has 0 aromatic rings. The molecule has 0 radical (unpaired) electrons. The van der Waals surface area contributed by atoms with Crippen LogP contribution in [-0.2, 0) is 19.1 Å². The second kappa shape index (κ2) is 9.19. The number of rotatable bonds is 7. The molecule has 0 unspecified atom stereocenters. The molecule has 0 amide bonds. The lowest BCUT2D eigenvalue weighted by Gasteiger charge is -2.06. The summed E-state index contributed by atoms with van der Waals surface area (Å²) in [5.74, 6) is -1.30. The molecule has 0 saturated heterocycles. The molecule has 0 spiro atoms. The molecule has 16 heavy (non-hydrogen) atoms. The van der Waals surface area contributed by atoms with Crippen molar-refractivity contribution in [3.05, 3.63) is 0 Å². The summed E-state index contributed by atoms with van der Waals surface area (Å²) in [6.45, 7) is 6.68. The molecule has 0 aromatic heterocycles. The Morgan fingerprint density at radius 1 is 1.00 bits per heavy atom. The number of hydrogen-bond donors (Lipinski definition) is 0. The van der Waals surface area contributed by atoms with E-state index in [9.17, 15) is 9.59 Å². The number of carbonyl (C=O) groups excluding carboxylic acids is 2. The van der Waals surface area contributed by atoms with E-state index in [0.717, 1.165) is 25.7 Å². The average Bonchev–Trinajstić information content (AvgIpc) is 2.23. The third-order valence-corrected chi connectivity index (χ3v) is 2.08. The average molecular weight is 230 g/mol. The maximum absolute atomic E-state index is 11.1. The van der Waals surface area contributed by atoms with Crippen LogP contribution in [0.2, 0.25) is 0 Å². The van der Waals surface area contributed by atoms with Gasteiger partial charge in [-0.15, -0.1) is 0 Å². The summed E-state index contributed by atoms with van der Waals surface area (Å²) in [5.41, 5.74) is 0. The quantitative estimate of drug-likeness (QED) is 0.382. The first kappa shape index (κ1) is 14.9. The van der Waals surface area contributed by atoms with Crippen LogP contribution in [0.3, 0.4) is 0 Å².